The fraction of sp³-hybridized carbons (Fsp3) is 0.111. The summed E-state index contributed by atoms with van der Waals surface area (Å²) in [6, 6.07) is 2.90. The van der Waals surface area contributed by atoms with E-state index in [4.69, 9.17) is 9.47 Å². The van der Waals surface area contributed by atoms with Crippen molar-refractivity contribution in [3.63, 3.8) is 0 Å². The standard InChI is InChI=1S/C9H7NO4/c1-2-6-3-8-9(14-5-13-8)4-7(6)10(11)12/h2-4H,1,5H2. The summed E-state index contributed by atoms with van der Waals surface area (Å²) in [7, 11) is 0. The molecule has 1 aromatic carbocycles. The molecule has 1 aliphatic rings. The molecule has 2 rings (SSSR count). The summed E-state index contributed by atoms with van der Waals surface area (Å²) < 4.78 is 10.1. The molecule has 0 saturated heterocycles. The van der Waals surface area contributed by atoms with E-state index in [1.165, 1.54) is 12.1 Å². The van der Waals surface area contributed by atoms with E-state index in [0.29, 0.717) is 17.1 Å². The van der Waals surface area contributed by atoms with Crippen molar-refractivity contribution in [2.75, 3.05) is 6.79 Å². The summed E-state index contributed by atoms with van der Waals surface area (Å²) >= 11 is 0. The summed E-state index contributed by atoms with van der Waals surface area (Å²) in [5.74, 6) is 0.924. The van der Waals surface area contributed by atoms with E-state index in [1.807, 2.05) is 0 Å². The molecule has 0 radical (unpaired) electrons. The maximum atomic E-state index is 10.6. The molecule has 0 saturated carbocycles. The third kappa shape index (κ3) is 1.19. The molecule has 0 bridgehead atoms. The van der Waals surface area contributed by atoms with Crippen molar-refractivity contribution in [3.8, 4) is 11.5 Å². The fourth-order valence-electron chi connectivity index (χ4n) is 1.27. The highest BCUT2D eigenvalue weighted by Crippen LogP contribution is 2.38. The average molecular weight is 193 g/mol. The Hall–Kier alpha value is -2.04. The van der Waals surface area contributed by atoms with Crippen molar-refractivity contribution in [1.82, 2.24) is 0 Å². The van der Waals surface area contributed by atoms with Crippen LogP contribution in [-0.2, 0) is 0 Å². The maximum absolute atomic E-state index is 10.6. The van der Waals surface area contributed by atoms with Crippen molar-refractivity contribution in [3.05, 3.63) is 34.4 Å². The number of ether oxygens (including phenoxy) is 2. The van der Waals surface area contributed by atoms with Crippen LogP contribution in [0.3, 0.4) is 0 Å². The minimum absolute atomic E-state index is 0.0238. The van der Waals surface area contributed by atoms with Gasteiger partial charge in [-0.05, 0) is 6.07 Å². The molecule has 0 unspecified atom stereocenters. The van der Waals surface area contributed by atoms with Gasteiger partial charge in [-0.2, -0.15) is 0 Å². The minimum Gasteiger partial charge on any atom is -0.454 e. The molecule has 0 aromatic heterocycles. The van der Waals surface area contributed by atoms with Gasteiger partial charge in [0.25, 0.3) is 5.69 Å². The molecular formula is C9H7NO4. The van der Waals surface area contributed by atoms with Gasteiger partial charge in [-0.1, -0.05) is 12.7 Å². The van der Waals surface area contributed by atoms with E-state index in [2.05, 4.69) is 6.58 Å². The van der Waals surface area contributed by atoms with Gasteiger partial charge in [0.05, 0.1) is 16.6 Å². The number of nitro groups is 1. The van der Waals surface area contributed by atoms with Crippen LogP contribution in [0.4, 0.5) is 5.69 Å². The molecule has 1 aromatic rings. The first-order valence-electron chi connectivity index (χ1n) is 3.93. The number of benzene rings is 1. The zero-order chi connectivity index (χ0) is 10.1. The topological polar surface area (TPSA) is 61.6 Å². The predicted octanol–water partition coefficient (Wildman–Crippen LogP) is 1.97. The lowest BCUT2D eigenvalue weighted by molar-refractivity contribution is -0.385. The molecular weight excluding hydrogens is 186 g/mol. The second kappa shape index (κ2) is 3.02. The zero-order valence-electron chi connectivity index (χ0n) is 7.23. The van der Waals surface area contributed by atoms with Crippen LogP contribution in [0.25, 0.3) is 6.08 Å². The summed E-state index contributed by atoms with van der Waals surface area (Å²) in [6.07, 6.45) is 1.42. The Labute approximate surface area is 79.7 Å². The van der Waals surface area contributed by atoms with Gasteiger partial charge in [-0.25, -0.2) is 0 Å². The SMILES string of the molecule is C=Cc1cc2c(cc1[N+](=O)[O-])OCO2. The van der Waals surface area contributed by atoms with Crippen molar-refractivity contribution in [2.45, 2.75) is 0 Å². The Morgan fingerprint density at radius 1 is 1.43 bits per heavy atom. The quantitative estimate of drug-likeness (QED) is 0.532. The molecule has 0 spiro atoms. The van der Waals surface area contributed by atoms with E-state index in [-0.39, 0.29) is 12.5 Å². The van der Waals surface area contributed by atoms with Crippen LogP contribution in [-0.4, -0.2) is 11.7 Å². The predicted molar refractivity (Wildman–Crippen MR) is 49.3 cm³/mol. The highest BCUT2D eigenvalue weighted by atomic mass is 16.7. The molecule has 0 atom stereocenters. The number of hydrogen-bond donors (Lipinski definition) is 0. The van der Waals surface area contributed by atoms with Gasteiger partial charge in [0.1, 0.15) is 0 Å². The molecule has 1 aliphatic heterocycles. The van der Waals surface area contributed by atoms with Gasteiger partial charge < -0.3 is 9.47 Å². The second-order valence-corrected chi connectivity index (χ2v) is 2.73. The zero-order valence-corrected chi connectivity index (χ0v) is 7.23. The number of rotatable bonds is 2. The molecule has 72 valence electrons. The van der Waals surface area contributed by atoms with Crippen molar-refractivity contribution in [1.29, 1.82) is 0 Å². The molecule has 0 N–H and O–H groups in total. The third-order valence-corrected chi connectivity index (χ3v) is 1.94. The number of nitro benzene ring substituents is 1. The maximum Gasteiger partial charge on any atom is 0.280 e. The first-order chi connectivity index (χ1) is 6.72. The smallest absolute Gasteiger partial charge is 0.280 e. The molecule has 0 amide bonds. The van der Waals surface area contributed by atoms with Gasteiger partial charge in [-0.3, -0.25) is 10.1 Å². The lowest BCUT2D eigenvalue weighted by atomic mass is 10.1. The van der Waals surface area contributed by atoms with Gasteiger partial charge in [0, 0.05) is 0 Å². The van der Waals surface area contributed by atoms with E-state index in [1.54, 1.807) is 6.07 Å². The first kappa shape index (κ1) is 8.55. The van der Waals surface area contributed by atoms with Gasteiger partial charge in [0.2, 0.25) is 6.79 Å². The third-order valence-electron chi connectivity index (χ3n) is 1.94. The van der Waals surface area contributed by atoms with E-state index < -0.39 is 4.92 Å². The van der Waals surface area contributed by atoms with Crippen LogP contribution < -0.4 is 9.47 Å². The molecule has 5 nitrogen and oxygen atoms in total. The monoisotopic (exact) mass is 193 g/mol. The Morgan fingerprint density at radius 3 is 2.64 bits per heavy atom. The Kier molecular flexibility index (Phi) is 1.85. The van der Waals surface area contributed by atoms with Gasteiger partial charge in [-0.15, -0.1) is 0 Å². The lowest BCUT2D eigenvalue weighted by Gasteiger charge is -1.99. The van der Waals surface area contributed by atoms with Crippen molar-refractivity contribution < 1.29 is 14.4 Å². The van der Waals surface area contributed by atoms with Gasteiger partial charge in [0.15, 0.2) is 11.5 Å². The Morgan fingerprint density at radius 2 is 2.07 bits per heavy atom. The first-order valence-corrected chi connectivity index (χ1v) is 3.93. The van der Waals surface area contributed by atoms with Crippen LogP contribution in [0.1, 0.15) is 5.56 Å². The lowest BCUT2D eigenvalue weighted by Crippen LogP contribution is -1.93. The van der Waals surface area contributed by atoms with Crippen LogP contribution >= 0.6 is 0 Å². The van der Waals surface area contributed by atoms with Crippen LogP contribution in [0.5, 0.6) is 11.5 Å². The summed E-state index contributed by atoms with van der Waals surface area (Å²) in [4.78, 5) is 10.2. The van der Waals surface area contributed by atoms with Crippen LogP contribution in [0.2, 0.25) is 0 Å². The van der Waals surface area contributed by atoms with Crippen LogP contribution in [0.15, 0.2) is 18.7 Å². The average Bonchev–Trinajstić information content (AvgIpc) is 2.62. The fourth-order valence-corrected chi connectivity index (χ4v) is 1.27. The normalized spacial score (nSPS) is 12.6. The summed E-state index contributed by atoms with van der Waals surface area (Å²) in [5.41, 5.74) is 0.406. The van der Waals surface area contributed by atoms with Gasteiger partial charge >= 0.3 is 0 Å². The Balaban J connectivity index is 2.59. The van der Waals surface area contributed by atoms with Crippen molar-refractivity contribution >= 4 is 11.8 Å². The summed E-state index contributed by atoms with van der Waals surface area (Å²) in [5, 5.41) is 10.6. The number of fused-ring (bicyclic) bond motifs is 1. The highest BCUT2D eigenvalue weighted by Gasteiger charge is 2.21. The largest absolute Gasteiger partial charge is 0.454 e. The highest BCUT2D eigenvalue weighted by molar-refractivity contribution is 5.66. The van der Waals surface area contributed by atoms with Crippen molar-refractivity contribution in [2.24, 2.45) is 0 Å². The van der Waals surface area contributed by atoms with E-state index in [0.717, 1.165) is 0 Å². The second-order valence-electron chi connectivity index (χ2n) is 2.73. The number of nitrogens with zero attached hydrogens (tertiary/aromatic N) is 1. The molecule has 0 aliphatic carbocycles. The van der Waals surface area contributed by atoms with Crippen LogP contribution in [0, 0.1) is 10.1 Å². The summed E-state index contributed by atoms with van der Waals surface area (Å²) in [6.45, 7) is 3.60. The van der Waals surface area contributed by atoms with E-state index in [9.17, 15) is 10.1 Å². The molecule has 5 heteroatoms. The van der Waals surface area contributed by atoms with E-state index >= 15 is 0 Å². The molecule has 0 fully saturated rings. The molecule has 1 heterocycles. The number of hydrogen-bond acceptors (Lipinski definition) is 4. The Bertz CT molecular complexity index is 414. The molecule has 14 heavy (non-hydrogen) atoms. The minimum atomic E-state index is -0.473.